The highest BCUT2D eigenvalue weighted by Crippen LogP contribution is 2.33. The van der Waals surface area contributed by atoms with E-state index in [1.54, 1.807) is 35.2 Å². The van der Waals surface area contributed by atoms with Crippen molar-refractivity contribution < 1.29 is 4.74 Å². The molecular formula is C25H29ClN4O2. The minimum absolute atomic E-state index is 0.127. The zero-order chi connectivity index (χ0) is 22.7. The maximum Gasteiger partial charge on any atom is 0.258 e. The molecule has 2 aromatic heterocycles. The Morgan fingerprint density at radius 2 is 2.00 bits per heavy atom. The molecule has 1 aliphatic heterocycles. The van der Waals surface area contributed by atoms with Crippen molar-refractivity contribution in [2.75, 3.05) is 26.7 Å². The number of likely N-dealkylation sites (N-methyl/N-ethyl adjacent to an activating group) is 2. The Morgan fingerprint density at radius 3 is 2.69 bits per heavy atom. The summed E-state index contributed by atoms with van der Waals surface area (Å²) in [6.07, 6.45) is 12.1. The molecule has 32 heavy (non-hydrogen) atoms. The number of aromatic nitrogens is 2. The number of halogens is 1. The largest absolute Gasteiger partial charge is 0.487 e. The van der Waals surface area contributed by atoms with E-state index in [1.807, 2.05) is 6.08 Å². The van der Waals surface area contributed by atoms with E-state index in [2.05, 4.69) is 53.9 Å². The van der Waals surface area contributed by atoms with Crippen LogP contribution in [0, 0.1) is 5.92 Å². The number of hydrogen-bond donors (Lipinski definition) is 0. The summed E-state index contributed by atoms with van der Waals surface area (Å²) in [5, 5.41) is 0.579. The molecule has 0 N–H and O–H groups in total. The van der Waals surface area contributed by atoms with Gasteiger partial charge in [-0.2, -0.15) is 0 Å². The number of ether oxygens (including phenoxy) is 1. The van der Waals surface area contributed by atoms with Crippen LogP contribution in [0.3, 0.4) is 0 Å². The van der Waals surface area contributed by atoms with Gasteiger partial charge < -0.3 is 9.64 Å². The summed E-state index contributed by atoms with van der Waals surface area (Å²) in [6, 6.07) is 7.11. The van der Waals surface area contributed by atoms with E-state index >= 15 is 0 Å². The Kier molecular flexibility index (Phi) is 6.82. The molecule has 0 aromatic carbocycles. The summed E-state index contributed by atoms with van der Waals surface area (Å²) in [4.78, 5) is 21.7. The number of nitrogens with zero attached hydrogens (tertiary/aromatic N) is 4. The van der Waals surface area contributed by atoms with Crippen molar-refractivity contribution in [3.8, 4) is 5.75 Å². The second-order valence-corrected chi connectivity index (χ2v) is 8.51. The van der Waals surface area contributed by atoms with E-state index in [4.69, 9.17) is 16.3 Å². The highest BCUT2D eigenvalue weighted by Gasteiger charge is 2.31. The topological polar surface area (TPSA) is 50.6 Å². The highest BCUT2D eigenvalue weighted by atomic mass is 35.5. The molecule has 2 unspecified atom stereocenters. The fraction of sp³-hybridized carbons (Fsp3) is 0.360. The van der Waals surface area contributed by atoms with Crippen LogP contribution in [0.2, 0.25) is 5.02 Å². The van der Waals surface area contributed by atoms with E-state index in [-0.39, 0.29) is 18.2 Å². The molecule has 1 aliphatic carbocycles. The zero-order valence-electron chi connectivity index (χ0n) is 18.7. The van der Waals surface area contributed by atoms with Crippen LogP contribution in [0.1, 0.15) is 19.5 Å². The Bertz CT molecular complexity index is 1100. The molecule has 0 spiro atoms. The van der Waals surface area contributed by atoms with Gasteiger partial charge >= 0.3 is 0 Å². The van der Waals surface area contributed by atoms with Crippen LogP contribution in [0.15, 0.2) is 71.5 Å². The summed E-state index contributed by atoms with van der Waals surface area (Å²) in [7, 11) is 2.14. The van der Waals surface area contributed by atoms with Crippen molar-refractivity contribution in [2.45, 2.75) is 26.5 Å². The second-order valence-electron chi connectivity index (χ2n) is 8.08. The zero-order valence-corrected chi connectivity index (χ0v) is 19.5. The molecule has 0 amide bonds. The van der Waals surface area contributed by atoms with Crippen molar-refractivity contribution in [3.63, 3.8) is 0 Å². The van der Waals surface area contributed by atoms with Gasteiger partial charge in [-0.1, -0.05) is 37.6 Å². The van der Waals surface area contributed by atoms with Crippen molar-refractivity contribution in [3.05, 3.63) is 87.7 Å². The molecular weight excluding hydrogens is 424 g/mol. The second kappa shape index (κ2) is 9.76. The van der Waals surface area contributed by atoms with Crippen molar-refractivity contribution in [1.29, 1.82) is 0 Å². The van der Waals surface area contributed by atoms with E-state index in [0.29, 0.717) is 16.7 Å². The molecule has 0 bridgehead atoms. The van der Waals surface area contributed by atoms with E-state index in [1.165, 1.54) is 11.8 Å². The first-order valence-electron chi connectivity index (χ1n) is 11.0. The molecule has 0 saturated heterocycles. The minimum Gasteiger partial charge on any atom is -0.487 e. The molecule has 6 nitrogen and oxygen atoms in total. The fourth-order valence-corrected chi connectivity index (χ4v) is 4.25. The number of hydrogen-bond acceptors (Lipinski definition) is 5. The first-order valence-corrected chi connectivity index (χ1v) is 11.4. The average Bonchev–Trinajstić information content (AvgIpc) is 3.11. The van der Waals surface area contributed by atoms with Crippen molar-refractivity contribution in [2.24, 2.45) is 5.92 Å². The van der Waals surface area contributed by atoms with Crippen molar-refractivity contribution in [1.82, 2.24) is 19.4 Å². The molecule has 168 valence electrons. The summed E-state index contributed by atoms with van der Waals surface area (Å²) in [5.74, 6) is 0.849. The van der Waals surface area contributed by atoms with Gasteiger partial charge in [-0.05, 0) is 43.4 Å². The Morgan fingerprint density at radius 1 is 1.19 bits per heavy atom. The lowest BCUT2D eigenvalue weighted by atomic mass is 9.95. The standard InChI is InChI=1S/C25H29ClN4O2/c1-4-29(5-2)16-22-12-18-6-9-21(13-24(18)28(22)3)30-11-10-23(14-25(30)31)32-17-20-8-7-19(26)15-27-20/h6-15,18,24H,4-5,16-17H2,1-3H3. The molecule has 2 aromatic rings. The summed E-state index contributed by atoms with van der Waals surface area (Å²) < 4.78 is 7.40. The van der Waals surface area contributed by atoms with E-state index in [9.17, 15) is 4.79 Å². The van der Waals surface area contributed by atoms with Crippen molar-refractivity contribution >= 4 is 17.3 Å². The Hall–Kier alpha value is -2.83. The Balaban J connectivity index is 1.45. The SMILES string of the molecule is CCN(CC)CC1=CC2C=CC(n3ccc(OCc4ccc(Cl)cn4)cc3=O)=CC2N1C. The van der Waals surface area contributed by atoms with E-state index in [0.717, 1.165) is 31.0 Å². The third-order valence-corrected chi connectivity index (χ3v) is 6.36. The number of allylic oxidation sites excluding steroid dienone is 2. The third kappa shape index (κ3) is 4.81. The molecule has 3 heterocycles. The van der Waals surface area contributed by atoms with Gasteiger partial charge in [0.1, 0.15) is 12.4 Å². The third-order valence-electron chi connectivity index (χ3n) is 6.13. The average molecular weight is 453 g/mol. The van der Waals surface area contributed by atoms with Crippen LogP contribution in [0.4, 0.5) is 0 Å². The lowest BCUT2D eigenvalue weighted by Gasteiger charge is -2.30. The lowest BCUT2D eigenvalue weighted by Crippen LogP contribution is -2.35. The minimum atomic E-state index is -0.127. The van der Waals surface area contributed by atoms with Gasteiger partial charge in [0.25, 0.3) is 5.56 Å². The molecule has 7 heteroatoms. The fourth-order valence-electron chi connectivity index (χ4n) is 4.13. The van der Waals surface area contributed by atoms with E-state index < -0.39 is 0 Å². The number of fused-ring (bicyclic) bond motifs is 1. The Labute approximate surface area is 194 Å². The maximum atomic E-state index is 12.8. The monoisotopic (exact) mass is 452 g/mol. The molecule has 0 radical (unpaired) electrons. The smallest absolute Gasteiger partial charge is 0.258 e. The van der Waals surface area contributed by atoms with Gasteiger partial charge in [-0.15, -0.1) is 0 Å². The normalized spacial score (nSPS) is 19.7. The molecule has 4 rings (SSSR count). The maximum absolute atomic E-state index is 12.8. The van der Waals surface area contributed by atoms with Gasteiger partial charge in [0, 0.05) is 49.4 Å². The van der Waals surface area contributed by atoms with Gasteiger partial charge in [0.15, 0.2) is 0 Å². The summed E-state index contributed by atoms with van der Waals surface area (Å²) in [6.45, 7) is 7.67. The van der Waals surface area contributed by atoms with Gasteiger partial charge in [-0.3, -0.25) is 19.2 Å². The van der Waals surface area contributed by atoms with Crippen LogP contribution >= 0.6 is 11.6 Å². The number of rotatable bonds is 8. The van der Waals surface area contributed by atoms with Crippen LogP contribution in [0.5, 0.6) is 5.75 Å². The van der Waals surface area contributed by atoms with Gasteiger partial charge in [-0.25, -0.2) is 0 Å². The molecule has 2 atom stereocenters. The summed E-state index contributed by atoms with van der Waals surface area (Å²) in [5.41, 5.74) is 2.84. The lowest BCUT2D eigenvalue weighted by molar-refractivity contribution is 0.276. The predicted octanol–water partition coefficient (Wildman–Crippen LogP) is 4.04. The van der Waals surface area contributed by atoms with Crippen LogP contribution in [-0.2, 0) is 6.61 Å². The van der Waals surface area contributed by atoms with Crippen LogP contribution in [-0.4, -0.2) is 52.1 Å². The highest BCUT2D eigenvalue weighted by molar-refractivity contribution is 6.30. The van der Waals surface area contributed by atoms with Crippen LogP contribution < -0.4 is 10.3 Å². The molecule has 0 fully saturated rings. The number of pyridine rings is 2. The predicted molar refractivity (Wildman–Crippen MR) is 129 cm³/mol. The molecule has 2 aliphatic rings. The van der Waals surface area contributed by atoms with Gasteiger partial charge in [0.2, 0.25) is 0 Å². The van der Waals surface area contributed by atoms with Gasteiger partial charge in [0.05, 0.1) is 16.8 Å². The summed E-state index contributed by atoms with van der Waals surface area (Å²) >= 11 is 5.86. The quantitative estimate of drug-likeness (QED) is 0.605. The van der Waals surface area contributed by atoms with Crippen LogP contribution in [0.25, 0.3) is 5.70 Å². The first-order chi connectivity index (χ1) is 15.5. The molecule has 0 saturated carbocycles. The first kappa shape index (κ1) is 22.4.